The number of ether oxygens (including phenoxy) is 1. The van der Waals surface area contributed by atoms with Crippen molar-refractivity contribution < 1.29 is 14.3 Å². The number of hydrogen-bond donors (Lipinski definition) is 1. The Hall–Kier alpha value is -1.28. The van der Waals surface area contributed by atoms with Crippen LogP contribution in [0, 0.1) is 28.6 Å². The van der Waals surface area contributed by atoms with Crippen LogP contribution in [0.15, 0.2) is 0 Å². The third kappa shape index (κ3) is 3.03. The van der Waals surface area contributed by atoms with Gasteiger partial charge in [-0.1, -0.05) is 0 Å². The minimum atomic E-state index is -0.773. The highest BCUT2D eigenvalue weighted by Gasteiger charge is 2.60. The third-order valence-corrected chi connectivity index (χ3v) is 7.25. The molecule has 5 aliphatic carbocycles. The van der Waals surface area contributed by atoms with Gasteiger partial charge in [0.1, 0.15) is 5.54 Å². The van der Waals surface area contributed by atoms with Crippen molar-refractivity contribution in [1.29, 1.82) is 5.26 Å². The standard InChI is InChI=1S/C19H25ClN2O3/c20-18-8-13-5-14(9-18)7-17(6-13,11-18)16(24)25-10-15(23)22-19(12-21)3-1-2-4-19/h13-14H,1-11H2,(H,22,23)/t13-,14+,17?,18?. The second kappa shape index (κ2) is 5.87. The van der Waals surface area contributed by atoms with E-state index >= 15 is 0 Å². The fourth-order valence-corrected chi connectivity index (χ4v) is 6.91. The van der Waals surface area contributed by atoms with E-state index in [9.17, 15) is 14.9 Å². The second-order valence-electron chi connectivity index (χ2n) is 8.92. The SMILES string of the molecule is N#CC1(NC(=O)COC(=O)C23C[C@@H]4C[C@@H](CC(Cl)(C4)C2)C3)CCCC1. The molecule has 6 heteroatoms. The fraction of sp³-hybridized carbons (Fsp3) is 0.842. The van der Waals surface area contributed by atoms with E-state index in [1.165, 1.54) is 6.42 Å². The summed E-state index contributed by atoms with van der Waals surface area (Å²) in [6, 6.07) is 2.22. The van der Waals surface area contributed by atoms with Crippen LogP contribution in [0.4, 0.5) is 0 Å². The van der Waals surface area contributed by atoms with E-state index < -0.39 is 11.0 Å². The zero-order chi connectivity index (χ0) is 17.7. The van der Waals surface area contributed by atoms with E-state index in [-0.39, 0.29) is 23.4 Å². The summed E-state index contributed by atoms with van der Waals surface area (Å²) in [5, 5.41) is 12.1. The molecule has 5 nitrogen and oxygen atoms in total. The number of halogens is 1. The lowest BCUT2D eigenvalue weighted by atomic mass is 9.49. The van der Waals surface area contributed by atoms with Gasteiger partial charge in [-0.15, -0.1) is 11.6 Å². The molecule has 4 bridgehead atoms. The van der Waals surface area contributed by atoms with Gasteiger partial charge >= 0.3 is 5.97 Å². The zero-order valence-corrected chi connectivity index (χ0v) is 15.2. The van der Waals surface area contributed by atoms with E-state index in [1.807, 2.05) is 0 Å². The molecule has 5 rings (SSSR count). The topological polar surface area (TPSA) is 79.2 Å². The quantitative estimate of drug-likeness (QED) is 0.614. The molecule has 0 aromatic heterocycles. The average molecular weight is 365 g/mol. The molecular weight excluding hydrogens is 340 g/mol. The molecule has 0 saturated heterocycles. The normalized spacial score (nSPS) is 40.5. The summed E-state index contributed by atoms with van der Waals surface area (Å²) in [7, 11) is 0. The van der Waals surface area contributed by atoms with Gasteiger partial charge < -0.3 is 10.1 Å². The Morgan fingerprint density at radius 3 is 2.36 bits per heavy atom. The lowest BCUT2D eigenvalue weighted by molar-refractivity contribution is -0.172. The summed E-state index contributed by atoms with van der Waals surface area (Å²) in [6.45, 7) is -0.297. The number of nitrogens with one attached hydrogen (secondary N) is 1. The molecule has 0 aromatic rings. The van der Waals surface area contributed by atoms with Gasteiger partial charge in [0, 0.05) is 4.87 Å². The smallest absolute Gasteiger partial charge is 0.312 e. The number of esters is 1. The zero-order valence-electron chi connectivity index (χ0n) is 14.5. The van der Waals surface area contributed by atoms with E-state index in [0.29, 0.717) is 31.1 Å². The van der Waals surface area contributed by atoms with Crippen molar-refractivity contribution in [2.45, 2.75) is 74.6 Å². The number of nitriles is 1. The lowest BCUT2D eigenvalue weighted by Crippen LogP contribution is -2.56. The first-order valence-electron chi connectivity index (χ1n) is 9.45. The number of alkyl halides is 1. The first-order chi connectivity index (χ1) is 11.9. The fourth-order valence-electron chi connectivity index (χ4n) is 6.22. The van der Waals surface area contributed by atoms with Crippen molar-refractivity contribution in [3.63, 3.8) is 0 Å². The number of carbonyl (C=O) groups excluding carboxylic acids is 2. The maximum absolute atomic E-state index is 12.8. The number of nitrogens with zero attached hydrogens (tertiary/aromatic N) is 1. The summed E-state index contributed by atoms with van der Waals surface area (Å²) in [4.78, 5) is 24.7. The molecule has 5 aliphatic rings. The van der Waals surface area contributed by atoms with Gasteiger partial charge in [0.25, 0.3) is 5.91 Å². The van der Waals surface area contributed by atoms with Crippen LogP contribution in [0.1, 0.15) is 64.2 Å². The Morgan fingerprint density at radius 2 is 1.80 bits per heavy atom. The van der Waals surface area contributed by atoms with E-state index in [1.54, 1.807) is 0 Å². The highest BCUT2D eigenvalue weighted by molar-refractivity contribution is 6.24. The number of rotatable bonds is 4. The molecule has 0 aromatic carbocycles. The summed E-state index contributed by atoms with van der Waals surface area (Å²) < 4.78 is 5.41. The van der Waals surface area contributed by atoms with Crippen molar-refractivity contribution in [3.05, 3.63) is 0 Å². The Balaban J connectivity index is 1.36. The van der Waals surface area contributed by atoms with Gasteiger partial charge in [-0.05, 0) is 76.0 Å². The Labute approximate surface area is 153 Å². The number of amides is 1. The molecular formula is C19H25ClN2O3. The Kier molecular flexibility index (Phi) is 4.03. The maximum Gasteiger partial charge on any atom is 0.312 e. The van der Waals surface area contributed by atoms with E-state index in [0.717, 1.165) is 38.5 Å². The van der Waals surface area contributed by atoms with Crippen LogP contribution in [0.3, 0.4) is 0 Å². The lowest BCUT2D eigenvalue weighted by Gasteiger charge is -2.58. The van der Waals surface area contributed by atoms with Gasteiger partial charge in [0.05, 0.1) is 11.5 Å². The summed E-state index contributed by atoms with van der Waals surface area (Å²) in [5.41, 5.74) is -1.27. The molecule has 4 atom stereocenters. The van der Waals surface area contributed by atoms with Crippen LogP contribution in [-0.2, 0) is 14.3 Å². The van der Waals surface area contributed by atoms with E-state index in [2.05, 4.69) is 11.4 Å². The molecule has 1 N–H and O–H groups in total. The minimum Gasteiger partial charge on any atom is -0.455 e. The van der Waals surface area contributed by atoms with Crippen molar-refractivity contribution in [2.75, 3.05) is 6.61 Å². The van der Waals surface area contributed by atoms with Crippen LogP contribution in [-0.4, -0.2) is 28.9 Å². The summed E-state index contributed by atoms with van der Waals surface area (Å²) in [6.07, 6.45) is 8.79. The molecule has 2 unspecified atom stereocenters. The van der Waals surface area contributed by atoms with Gasteiger partial charge in [-0.2, -0.15) is 5.26 Å². The molecule has 1 amide bonds. The number of carbonyl (C=O) groups is 2. The van der Waals surface area contributed by atoms with Crippen molar-refractivity contribution in [3.8, 4) is 6.07 Å². The highest BCUT2D eigenvalue weighted by Crippen LogP contribution is 2.64. The number of hydrogen-bond acceptors (Lipinski definition) is 4. The van der Waals surface area contributed by atoms with Crippen LogP contribution >= 0.6 is 11.6 Å². The second-order valence-corrected chi connectivity index (χ2v) is 9.72. The molecule has 0 aliphatic heterocycles. The van der Waals surface area contributed by atoms with Crippen LogP contribution in [0.25, 0.3) is 0 Å². The molecule has 136 valence electrons. The third-order valence-electron chi connectivity index (χ3n) is 6.81. The summed E-state index contributed by atoms with van der Waals surface area (Å²) in [5.74, 6) is 0.391. The molecule has 0 radical (unpaired) electrons. The molecule has 5 saturated carbocycles. The van der Waals surface area contributed by atoms with Crippen molar-refractivity contribution >= 4 is 23.5 Å². The monoisotopic (exact) mass is 364 g/mol. The summed E-state index contributed by atoms with van der Waals surface area (Å²) >= 11 is 6.75. The first-order valence-corrected chi connectivity index (χ1v) is 9.82. The molecule has 25 heavy (non-hydrogen) atoms. The van der Waals surface area contributed by atoms with E-state index in [4.69, 9.17) is 16.3 Å². The Morgan fingerprint density at radius 1 is 1.16 bits per heavy atom. The first kappa shape index (κ1) is 17.1. The van der Waals surface area contributed by atoms with Gasteiger partial charge in [-0.25, -0.2) is 0 Å². The van der Waals surface area contributed by atoms with Gasteiger partial charge in [0.2, 0.25) is 0 Å². The molecule has 0 heterocycles. The molecule has 0 spiro atoms. The van der Waals surface area contributed by atoms with Crippen LogP contribution in [0.5, 0.6) is 0 Å². The average Bonchev–Trinajstić information content (AvgIpc) is 2.99. The predicted molar refractivity (Wildman–Crippen MR) is 91.6 cm³/mol. The van der Waals surface area contributed by atoms with Crippen LogP contribution < -0.4 is 5.32 Å². The highest BCUT2D eigenvalue weighted by atomic mass is 35.5. The predicted octanol–water partition coefficient (Wildman–Crippen LogP) is 3.06. The minimum absolute atomic E-state index is 0.250. The van der Waals surface area contributed by atoms with Gasteiger partial charge in [0.15, 0.2) is 6.61 Å². The Bertz CT molecular complexity index is 621. The van der Waals surface area contributed by atoms with Crippen molar-refractivity contribution in [2.24, 2.45) is 17.3 Å². The van der Waals surface area contributed by atoms with Crippen molar-refractivity contribution in [1.82, 2.24) is 5.32 Å². The molecule has 5 fully saturated rings. The maximum atomic E-state index is 12.8. The van der Waals surface area contributed by atoms with Gasteiger partial charge in [-0.3, -0.25) is 9.59 Å². The van der Waals surface area contributed by atoms with Crippen LogP contribution in [0.2, 0.25) is 0 Å². The largest absolute Gasteiger partial charge is 0.455 e.